The molecule has 0 spiro atoms. The Morgan fingerprint density at radius 3 is 3.27 bits per heavy atom. The van der Waals surface area contributed by atoms with Gasteiger partial charge in [-0.2, -0.15) is 0 Å². The smallest absolute Gasteiger partial charge is 0.331 e. The summed E-state index contributed by atoms with van der Waals surface area (Å²) in [6.45, 7) is 4.99. The minimum atomic E-state index is -0.641. The summed E-state index contributed by atoms with van der Waals surface area (Å²) >= 11 is 1.62. The molecule has 1 aliphatic rings. The second-order valence-corrected chi connectivity index (χ2v) is 4.71. The zero-order valence-electron chi connectivity index (χ0n) is 9.00. The van der Waals surface area contributed by atoms with E-state index in [0.29, 0.717) is 6.61 Å². The number of thiophene rings is 1. The summed E-state index contributed by atoms with van der Waals surface area (Å²) < 4.78 is 5.12. The molecule has 0 bridgehead atoms. The molecule has 1 atom stereocenters. The van der Waals surface area contributed by atoms with Gasteiger partial charge in [0.25, 0.3) is 0 Å². The molecule has 1 aromatic heterocycles. The lowest BCUT2D eigenvalue weighted by Gasteiger charge is -2.32. The van der Waals surface area contributed by atoms with E-state index in [4.69, 9.17) is 4.74 Å². The Morgan fingerprint density at radius 2 is 2.53 bits per heavy atom. The molecule has 1 aliphatic heterocycles. The van der Waals surface area contributed by atoms with Crippen LogP contribution >= 0.6 is 11.3 Å². The molecule has 82 valence electrons. The minimum absolute atomic E-state index is 0.173. The first kappa shape index (κ1) is 10.6. The molecular formula is C11H15NO2S. The second-order valence-electron chi connectivity index (χ2n) is 3.80. The highest BCUT2D eigenvalue weighted by Gasteiger charge is 2.41. The number of carbonyl (C=O) groups excluding carboxylic acids is 1. The monoisotopic (exact) mass is 225 g/mol. The number of nitrogens with one attached hydrogen (secondary N) is 1. The van der Waals surface area contributed by atoms with Crippen molar-refractivity contribution in [2.75, 3.05) is 13.2 Å². The third-order valence-corrected chi connectivity index (χ3v) is 3.94. The van der Waals surface area contributed by atoms with Crippen LogP contribution in [0.3, 0.4) is 0 Å². The Morgan fingerprint density at radius 1 is 1.73 bits per heavy atom. The molecule has 0 radical (unpaired) electrons. The van der Waals surface area contributed by atoms with E-state index in [0.717, 1.165) is 17.8 Å². The fourth-order valence-corrected chi connectivity index (χ4v) is 3.02. The van der Waals surface area contributed by atoms with Crippen LogP contribution in [0, 0.1) is 0 Å². The summed E-state index contributed by atoms with van der Waals surface area (Å²) in [5, 5.41) is 5.30. The van der Waals surface area contributed by atoms with E-state index >= 15 is 0 Å². The van der Waals surface area contributed by atoms with Crippen LogP contribution in [0.5, 0.6) is 0 Å². The maximum atomic E-state index is 11.9. The average Bonchev–Trinajstić information content (AvgIpc) is 2.68. The third kappa shape index (κ3) is 1.68. The van der Waals surface area contributed by atoms with E-state index in [-0.39, 0.29) is 5.97 Å². The number of hydrogen-bond acceptors (Lipinski definition) is 4. The van der Waals surface area contributed by atoms with E-state index in [1.54, 1.807) is 11.3 Å². The van der Waals surface area contributed by atoms with E-state index in [2.05, 4.69) is 11.4 Å². The van der Waals surface area contributed by atoms with Gasteiger partial charge >= 0.3 is 5.97 Å². The molecule has 15 heavy (non-hydrogen) atoms. The summed E-state index contributed by atoms with van der Waals surface area (Å²) in [6.07, 6.45) is 0.994. The van der Waals surface area contributed by atoms with Gasteiger partial charge < -0.3 is 4.74 Å². The van der Waals surface area contributed by atoms with Gasteiger partial charge in [-0.15, -0.1) is 11.3 Å². The topological polar surface area (TPSA) is 38.3 Å². The number of carbonyl (C=O) groups is 1. The van der Waals surface area contributed by atoms with Gasteiger partial charge in [-0.25, -0.2) is 4.79 Å². The van der Waals surface area contributed by atoms with Gasteiger partial charge in [-0.3, -0.25) is 5.32 Å². The van der Waals surface area contributed by atoms with Crippen LogP contribution in [0.4, 0.5) is 0 Å². The summed E-state index contributed by atoms with van der Waals surface area (Å²) in [6, 6.07) is 2.10. The number of ether oxygens (including phenoxy) is 1. The minimum Gasteiger partial charge on any atom is -0.464 e. The second kappa shape index (κ2) is 3.94. The highest BCUT2D eigenvalue weighted by atomic mass is 32.1. The molecule has 0 saturated carbocycles. The zero-order valence-corrected chi connectivity index (χ0v) is 9.82. The SMILES string of the molecule is CCOC(=O)C1(C)NCCc2ccsc21. The van der Waals surface area contributed by atoms with Crippen molar-refractivity contribution in [2.45, 2.75) is 25.8 Å². The lowest BCUT2D eigenvalue weighted by Crippen LogP contribution is -2.50. The zero-order chi connectivity index (χ0) is 10.9. The summed E-state index contributed by atoms with van der Waals surface area (Å²) in [7, 11) is 0. The first-order chi connectivity index (χ1) is 7.18. The van der Waals surface area contributed by atoms with E-state index in [1.807, 2.05) is 19.2 Å². The average molecular weight is 225 g/mol. The molecule has 2 heterocycles. The number of rotatable bonds is 2. The molecule has 4 heteroatoms. The van der Waals surface area contributed by atoms with Crippen LogP contribution in [0.25, 0.3) is 0 Å². The summed E-state index contributed by atoms with van der Waals surface area (Å²) in [5.74, 6) is -0.173. The Labute approximate surface area is 93.4 Å². The van der Waals surface area contributed by atoms with Crippen LogP contribution in [-0.4, -0.2) is 19.1 Å². The van der Waals surface area contributed by atoms with Gasteiger partial charge in [-0.1, -0.05) is 0 Å². The van der Waals surface area contributed by atoms with Crippen LogP contribution in [0.15, 0.2) is 11.4 Å². The molecule has 0 aromatic carbocycles. The van der Waals surface area contributed by atoms with Gasteiger partial charge in [0, 0.05) is 11.4 Å². The highest BCUT2D eigenvalue weighted by Crippen LogP contribution is 2.33. The third-order valence-electron chi connectivity index (χ3n) is 2.76. The van der Waals surface area contributed by atoms with Crippen molar-refractivity contribution >= 4 is 17.3 Å². The highest BCUT2D eigenvalue weighted by molar-refractivity contribution is 7.10. The van der Waals surface area contributed by atoms with Gasteiger partial charge in [0.05, 0.1) is 6.61 Å². The van der Waals surface area contributed by atoms with E-state index in [1.165, 1.54) is 5.56 Å². The first-order valence-corrected chi connectivity index (χ1v) is 6.05. The first-order valence-electron chi connectivity index (χ1n) is 5.17. The molecule has 1 N–H and O–H groups in total. The number of esters is 1. The molecular weight excluding hydrogens is 210 g/mol. The van der Waals surface area contributed by atoms with Crippen molar-refractivity contribution < 1.29 is 9.53 Å². The normalized spacial score (nSPS) is 24.7. The Balaban J connectivity index is 2.34. The van der Waals surface area contributed by atoms with Crippen molar-refractivity contribution in [1.82, 2.24) is 5.32 Å². The van der Waals surface area contributed by atoms with Crippen molar-refractivity contribution in [3.8, 4) is 0 Å². The van der Waals surface area contributed by atoms with Gasteiger partial charge in [0.1, 0.15) is 5.54 Å². The number of hydrogen-bond donors (Lipinski definition) is 1. The van der Waals surface area contributed by atoms with Crippen molar-refractivity contribution in [3.63, 3.8) is 0 Å². The van der Waals surface area contributed by atoms with Gasteiger partial charge in [-0.05, 0) is 37.3 Å². The fourth-order valence-electron chi connectivity index (χ4n) is 1.94. The van der Waals surface area contributed by atoms with Gasteiger partial charge in [0.2, 0.25) is 0 Å². The molecule has 0 amide bonds. The van der Waals surface area contributed by atoms with Crippen molar-refractivity contribution in [2.24, 2.45) is 0 Å². The van der Waals surface area contributed by atoms with Crippen LogP contribution in [0.2, 0.25) is 0 Å². The Kier molecular flexibility index (Phi) is 2.80. The lowest BCUT2D eigenvalue weighted by atomic mass is 9.92. The standard InChI is InChI=1S/C11H15NO2S/c1-3-14-10(13)11(2)9-8(4-6-12-11)5-7-15-9/h5,7,12H,3-4,6H2,1-2H3. The van der Waals surface area contributed by atoms with Crippen LogP contribution in [-0.2, 0) is 21.5 Å². The summed E-state index contributed by atoms with van der Waals surface area (Å²) in [4.78, 5) is 13.0. The predicted octanol–water partition coefficient (Wildman–Crippen LogP) is 1.67. The molecule has 0 aliphatic carbocycles. The molecule has 1 aromatic rings. The lowest BCUT2D eigenvalue weighted by molar-refractivity contribution is -0.151. The molecule has 1 unspecified atom stereocenters. The maximum Gasteiger partial charge on any atom is 0.331 e. The Hall–Kier alpha value is -0.870. The predicted molar refractivity (Wildman–Crippen MR) is 60.0 cm³/mol. The fraction of sp³-hybridized carbons (Fsp3) is 0.545. The van der Waals surface area contributed by atoms with Crippen LogP contribution < -0.4 is 5.32 Å². The maximum absolute atomic E-state index is 11.9. The molecule has 3 nitrogen and oxygen atoms in total. The quantitative estimate of drug-likeness (QED) is 0.778. The van der Waals surface area contributed by atoms with Gasteiger partial charge in [0.15, 0.2) is 0 Å². The van der Waals surface area contributed by atoms with Crippen molar-refractivity contribution in [3.05, 3.63) is 21.9 Å². The number of fused-ring (bicyclic) bond motifs is 1. The molecule has 2 rings (SSSR count). The molecule has 0 fully saturated rings. The van der Waals surface area contributed by atoms with E-state index in [9.17, 15) is 4.79 Å². The van der Waals surface area contributed by atoms with Crippen LogP contribution in [0.1, 0.15) is 24.3 Å². The van der Waals surface area contributed by atoms with E-state index < -0.39 is 5.54 Å². The molecule has 0 saturated heterocycles. The largest absolute Gasteiger partial charge is 0.464 e. The summed E-state index contributed by atoms with van der Waals surface area (Å²) in [5.41, 5.74) is 0.631. The Bertz CT molecular complexity index is 374. The van der Waals surface area contributed by atoms with Crippen molar-refractivity contribution in [1.29, 1.82) is 0 Å².